The predicted octanol–water partition coefficient (Wildman–Crippen LogP) is 2.60. The molecule has 0 radical (unpaired) electrons. The molecule has 0 aliphatic heterocycles. The Morgan fingerprint density at radius 2 is 1.59 bits per heavy atom. The Labute approximate surface area is 153 Å². The highest BCUT2D eigenvalue weighted by Gasteiger charge is 2.03. The minimum atomic E-state index is -0.288. The Balaban J connectivity index is 0.000000159. The van der Waals surface area contributed by atoms with Crippen LogP contribution in [0.25, 0.3) is 21.8 Å². The number of fused-ring (bicyclic) bond motifs is 2. The fourth-order valence-electron chi connectivity index (χ4n) is 2.60. The molecule has 5 N–H and O–H groups in total. The van der Waals surface area contributed by atoms with Crippen molar-refractivity contribution >= 4 is 39.1 Å². The summed E-state index contributed by atoms with van der Waals surface area (Å²) in [6, 6.07) is 17.7. The highest BCUT2D eigenvalue weighted by molar-refractivity contribution is 5.91. The Kier molecular flexibility index (Phi) is 5.03. The maximum absolute atomic E-state index is 11.5. The molecule has 0 saturated carbocycles. The molecule has 0 aliphatic carbocycles. The minimum absolute atomic E-state index is 0.0905. The number of rotatable bonds is 1. The van der Waals surface area contributed by atoms with E-state index in [4.69, 9.17) is 5.73 Å². The van der Waals surface area contributed by atoms with Crippen LogP contribution in [0.15, 0.2) is 70.3 Å². The maximum Gasteiger partial charge on any atom is 0.272 e. The summed E-state index contributed by atoms with van der Waals surface area (Å²) in [6.45, 7) is 1.37. The molecule has 2 heterocycles. The fourth-order valence-corrected chi connectivity index (χ4v) is 2.60. The van der Waals surface area contributed by atoms with Gasteiger partial charge in [-0.3, -0.25) is 14.4 Å². The predicted molar refractivity (Wildman–Crippen MR) is 108 cm³/mol. The number of para-hydroxylation sites is 1. The molecule has 4 rings (SSSR count). The number of nitrogen functional groups attached to an aromatic ring is 1. The smallest absolute Gasteiger partial charge is 0.272 e. The number of carbonyl (C=O) groups is 1. The molecule has 0 atom stereocenters. The maximum atomic E-state index is 11.5. The van der Waals surface area contributed by atoms with Crippen molar-refractivity contribution in [3.05, 3.63) is 81.4 Å². The molecular formula is C20H18N4O3. The zero-order chi connectivity index (χ0) is 19.4. The van der Waals surface area contributed by atoms with Gasteiger partial charge in [-0.1, -0.05) is 18.2 Å². The molecule has 0 bridgehead atoms. The van der Waals surface area contributed by atoms with Crippen molar-refractivity contribution in [1.82, 2.24) is 9.97 Å². The Hall–Kier alpha value is -3.87. The molecule has 0 unspecified atom stereocenters. The number of aromatic amines is 2. The molecular weight excluding hydrogens is 344 g/mol. The van der Waals surface area contributed by atoms with Crippen molar-refractivity contribution in [2.24, 2.45) is 0 Å². The van der Waals surface area contributed by atoms with Gasteiger partial charge in [0.05, 0.1) is 0 Å². The molecule has 136 valence electrons. The first kappa shape index (κ1) is 17.9. The van der Waals surface area contributed by atoms with E-state index in [0.717, 1.165) is 21.8 Å². The highest BCUT2D eigenvalue weighted by atomic mass is 16.2. The third kappa shape index (κ3) is 4.40. The van der Waals surface area contributed by atoms with Crippen molar-refractivity contribution in [1.29, 1.82) is 0 Å². The Bertz CT molecular complexity index is 1240. The monoisotopic (exact) mass is 362 g/mol. The average molecular weight is 362 g/mol. The number of hydrogen-bond donors (Lipinski definition) is 4. The van der Waals surface area contributed by atoms with Crippen LogP contribution in [0.3, 0.4) is 0 Å². The number of nitrogens with one attached hydrogen (secondary N) is 3. The van der Waals surface area contributed by atoms with Crippen LogP contribution in [0.2, 0.25) is 0 Å². The molecule has 7 heteroatoms. The first-order chi connectivity index (χ1) is 12.9. The van der Waals surface area contributed by atoms with Gasteiger partial charge in [-0.05, 0) is 36.4 Å². The van der Waals surface area contributed by atoms with Crippen molar-refractivity contribution in [3.8, 4) is 0 Å². The van der Waals surface area contributed by atoms with E-state index in [1.54, 1.807) is 24.3 Å². The van der Waals surface area contributed by atoms with E-state index in [-0.39, 0.29) is 22.7 Å². The first-order valence-corrected chi connectivity index (χ1v) is 8.20. The normalized spacial score (nSPS) is 10.3. The van der Waals surface area contributed by atoms with Crippen LogP contribution in [0, 0.1) is 0 Å². The second-order valence-electron chi connectivity index (χ2n) is 5.95. The highest BCUT2D eigenvalue weighted by Crippen LogP contribution is 2.13. The average Bonchev–Trinajstić information content (AvgIpc) is 2.63. The summed E-state index contributed by atoms with van der Waals surface area (Å²) in [7, 11) is 0. The number of H-pyrrole nitrogens is 2. The number of pyridine rings is 2. The third-order valence-electron chi connectivity index (χ3n) is 3.81. The molecule has 1 amide bonds. The summed E-state index contributed by atoms with van der Waals surface area (Å²) >= 11 is 0. The van der Waals surface area contributed by atoms with Gasteiger partial charge in [0.2, 0.25) is 11.5 Å². The lowest BCUT2D eigenvalue weighted by Gasteiger charge is -2.02. The molecule has 0 aliphatic rings. The topological polar surface area (TPSA) is 121 Å². The number of benzene rings is 2. The molecule has 0 spiro atoms. The largest absolute Gasteiger partial charge is 0.399 e. The standard InChI is InChI=1S/C11H10N2O2.C9H8N2O/c1-7(14)12-10-6-8-4-2-3-5-9(8)13-11(10)15;10-7-2-3-8-6(5-7)1-4-9(12)11-8/h2-6H,1H3,(H,12,14)(H,13,15);1-5H,10H2,(H,11,12). The molecule has 0 fully saturated rings. The summed E-state index contributed by atoms with van der Waals surface area (Å²) in [4.78, 5) is 38.6. The Morgan fingerprint density at radius 3 is 2.37 bits per heavy atom. The number of amides is 1. The van der Waals surface area contributed by atoms with Gasteiger partial charge in [0.25, 0.3) is 5.56 Å². The van der Waals surface area contributed by atoms with Gasteiger partial charge in [-0.15, -0.1) is 0 Å². The van der Waals surface area contributed by atoms with E-state index in [1.165, 1.54) is 13.0 Å². The second-order valence-corrected chi connectivity index (χ2v) is 5.95. The van der Waals surface area contributed by atoms with Gasteiger partial charge in [0.15, 0.2) is 0 Å². The van der Waals surface area contributed by atoms with Crippen molar-refractivity contribution in [3.63, 3.8) is 0 Å². The first-order valence-electron chi connectivity index (χ1n) is 8.20. The van der Waals surface area contributed by atoms with Gasteiger partial charge in [-0.25, -0.2) is 0 Å². The molecule has 2 aromatic heterocycles. The van der Waals surface area contributed by atoms with Crippen LogP contribution in [0.5, 0.6) is 0 Å². The van der Waals surface area contributed by atoms with E-state index in [2.05, 4.69) is 15.3 Å². The zero-order valence-corrected chi connectivity index (χ0v) is 14.6. The number of carbonyl (C=O) groups excluding carboxylic acids is 1. The summed E-state index contributed by atoms with van der Waals surface area (Å²) < 4.78 is 0. The number of hydrogen-bond acceptors (Lipinski definition) is 4. The van der Waals surface area contributed by atoms with E-state index in [0.29, 0.717) is 5.69 Å². The summed E-state index contributed by atoms with van der Waals surface area (Å²) in [6.07, 6.45) is 0. The lowest BCUT2D eigenvalue weighted by molar-refractivity contribution is -0.114. The van der Waals surface area contributed by atoms with E-state index >= 15 is 0 Å². The third-order valence-corrected chi connectivity index (χ3v) is 3.81. The summed E-state index contributed by atoms with van der Waals surface area (Å²) in [5.74, 6) is -0.254. The van der Waals surface area contributed by atoms with Crippen LogP contribution in [0.1, 0.15) is 6.92 Å². The van der Waals surface area contributed by atoms with Crippen LogP contribution in [-0.4, -0.2) is 15.9 Å². The van der Waals surface area contributed by atoms with Gasteiger partial charge >= 0.3 is 0 Å². The number of anilines is 2. The van der Waals surface area contributed by atoms with E-state index < -0.39 is 0 Å². The van der Waals surface area contributed by atoms with Gasteiger partial charge in [0.1, 0.15) is 5.69 Å². The van der Waals surface area contributed by atoms with Crippen LogP contribution < -0.4 is 22.2 Å². The van der Waals surface area contributed by atoms with Crippen LogP contribution in [-0.2, 0) is 4.79 Å². The van der Waals surface area contributed by atoms with Crippen molar-refractivity contribution in [2.75, 3.05) is 11.1 Å². The van der Waals surface area contributed by atoms with Crippen LogP contribution >= 0.6 is 0 Å². The summed E-state index contributed by atoms with van der Waals surface area (Å²) in [5.41, 5.74) is 7.75. The summed E-state index contributed by atoms with van der Waals surface area (Å²) in [5, 5.41) is 4.33. The lowest BCUT2D eigenvalue weighted by atomic mass is 10.2. The number of nitrogens with two attached hydrogens (primary N) is 1. The lowest BCUT2D eigenvalue weighted by Crippen LogP contribution is -2.17. The van der Waals surface area contributed by atoms with Crippen molar-refractivity contribution in [2.45, 2.75) is 6.92 Å². The van der Waals surface area contributed by atoms with Gasteiger partial charge in [-0.2, -0.15) is 0 Å². The van der Waals surface area contributed by atoms with E-state index in [9.17, 15) is 14.4 Å². The SMILES string of the molecule is CC(=O)Nc1cc2ccccc2[nH]c1=O.Nc1ccc2[nH]c(=O)ccc2c1. The molecule has 7 nitrogen and oxygen atoms in total. The molecule has 0 saturated heterocycles. The van der Waals surface area contributed by atoms with E-state index in [1.807, 2.05) is 30.3 Å². The fraction of sp³-hybridized carbons (Fsp3) is 0.0500. The molecule has 2 aromatic carbocycles. The number of aromatic nitrogens is 2. The second kappa shape index (κ2) is 7.57. The van der Waals surface area contributed by atoms with Crippen LogP contribution in [0.4, 0.5) is 11.4 Å². The molecule has 4 aromatic rings. The minimum Gasteiger partial charge on any atom is -0.399 e. The van der Waals surface area contributed by atoms with Crippen molar-refractivity contribution < 1.29 is 4.79 Å². The van der Waals surface area contributed by atoms with Gasteiger partial charge in [0, 0.05) is 40.5 Å². The zero-order valence-electron chi connectivity index (χ0n) is 14.6. The quantitative estimate of drug-likeness (QED) is 0.389. The van der Waals surface area contributed by atoms with Gasteiger partial charge < -0.3 is 21.0 Å². The molecule has 27 heavy (non-hydrogen) atoms. The Morgan fingerprint density at radius 1 is 0.889 bits per heavy atom.